The van der Waals surface area contributed by atoms with E-state index in [9.17, 15) is 17.6 Å². The molecule has 3 aliphatic heterocycles. The third kappa shape index (κ3) is 3.71. The van der Waals surface area contributed by atoms with Crippen molar-refractivity contribution in [3.05, 3.63) is 77.9 Å². The van der Waals surface area contributed by atoms with Crippen LogP contribution in [0.5, 0.6) is 0 Å². The van der Waals surface area contributed by atoms with Gasteiger partial charge in [-0.15, -0.1) is 5.10 Å². The Morgan fingerprint density at radius 2 is 1.92 bits per heavy atom. The summed E-state index contributed by atoms with van der Waals surface area (Å²) in [4.78, 5) is 15.3. The number of rotatable bonds is 8. The second kappa shape index (κ2) is 9.00. The van der Waals surface area contributed by atoms with Crippen molar-refractivity contribution in [2.24, 2.45) is 5.92 Å². The molecular formula is C26H28FN5O4S. The standard InChI is InChI=1S/C26H28FN5O4S/c1-36-17-22-23-11-6-12-24(32(23)37(34,35)21-10-5-9-19(27)13-21)26(22)25(33)30(26)16-20-14-28-29-31(20)15-18-7-3-2-4-8-18/h2-5,7-10,13-14,22-24H,6,11-12,15-17H2,1H3/t22-,23?,24?,26?,30?/m1/s1. The fourth-order valence-corrected chi connectivity index (χ4v) is 8.45. The summed E-state index contributed by atoms with van der Waals surface area (Å²) in [6.45, 7) is 1.04. The molecule has 3 fully saturated rings. The van der Waals surface area contributed by atoms with Crippen molar-refractivity contribution in [3.63, 3.8) is 0 Å². The van der Waals surface area contributed by atoms with Crippen LogP contribution in [0.25, 0.3) is 0 Å². The van der Waals surface area contributed by atoms with Crippen molar-refractivity contribution in [2.75, 3.05) is 13.7 Å². The number of halogens is 1. The van der Waals surface area contributed by atoms with Crippen LogP contribution in [0.3, 0.4) is 0 Å². The molecule has 1 aromatic heterocycles. The summed E-state index contributed by atoms with van der Waals surface area (Å²) in [5.41, 5.74) is 0.841. The quantitative estimate of drug-likeness (QED) is 0.419. The Kier molecular flexibility index (Phi) is 5.89. The number of ether oxygens (including phenoxy) is 1. The Bertz CT molecular complexity index is 1430. The van der Waals surface area contributed by atoms with E-state index < -0.39 is 33.5 Å². The molecule has 6 rings (SSSR count). The third-order valence-electron chi connectivity index (χ3n) is 8.04. The molecule has 9 nitrogen and oxygen atoms in total. The van der Waals surface area contributed by atoms with Crippen LogP contribution in [0.2, 0.25) is 0 Å². The first kappa shape index (κ1) is 24.2. The van der Waals surface area contributed by atoms with Gasteiger partial charge in [-0.3, -0.25) is 4.79 Å². The molecule has 2 aromatic carbocycles. The minimum absolute atomic E-state index is 0.0872. The van der Waals surface area contributed by atoms with Gasteiger partial charge in [-0.05, 0) is 36.6 Å². The molecule has 194 valence electrons. The maximum absolute atomic E-state index is 14.0. The van der Waals surface area contributed by atoms with E-state index >= 15 is 0 Å². The number of carbonyl (C=O) groups is 1. The molecule has 2 bridgehead atoms. The fourth-order valence-electron chi connectivity index (χ4n) is 6.49. The first-order chi connectivity index (χ1) is 17.9. The van der Waals surface area contributed by atoms with E-state index in [-0.39, 0.29) is 29.9 Å². The van der Waals surface area contributed by atoms with E-state index in [1.807, 2.05) is 30.3 Å². The summed E-state index contributed by atoms with van der Waals surface area (Å²) >= 11 is 0. The van der Waals surface area contributed by atoms with Crippen LogP contribution in [0.4, 0.5) is 4.39 Å². The first-order valence-electron chi connectivity index (χ1n) is 12.4. The van der Waals surface area contributed by atoms with Gasteiger partial charge in [0.1, 0.15) is 11.4 Å². The van der Waals surface area contributed by atoms with Crippen LogP contribution in [-0.4, -0.2) is 69.9 Å². The zero-order valence-electron chi connectivity index (χ0n) is 20.4. The highest BCUT2D eigenvalue weighted by molar-refractivity contribution is 7.89. The van der Waals surface area contributed by atoms with Crippen molar-refractivity contribution in [3.8, 4) is 0 Å². The van der Waals surface area contributed by atoms with Gasteiger partial charge >= 0.3 is 0 Å². The summed E-state index contributed by atoms with van der Waals surface area (Å²) in [5, 5.41) is 8.29. The maximum atomic E-state index is 14.0. The molecule has 11 heteroatoms. The van der Waals surface area contributed by atoms with E-state index in [1.54, 1.807) is 22.9 Å². The Morgan fingerprint density at radius 1 is 1.11 bits per heavy atom. The molecule has 0 aliphatic carbocycles. The number of sulfonamides is 1. The van der Waals surface area contributed by atoms with Crippen molar-refractivity contribution in [2.45, 2.75) is 54.9 Å². The second-order valence-corrected chi connectivity index (χ2v) is 11.8. The van der Waals surface area contributed by atoms with E-state index in [1.165, 1.54) is 22.5 Å². The first-order valence-corrected chi connectivity index (χ1v) is 13.8. The molecule has 1 amide bonds. The molecule has 0 saturated carbocycles. The number of fused-ring (bicyclic) bond motifs is 3. The Balaban J connectivity index is 1.34. The van der Waals surface area contributed by atoms with Gasteiger partial charge < -0.3 is 9.64 Å². The molecule has 3 unspecified atom stereocenters. The molecule has 0 N–H and O–H groups in total. The number of benzene rings is 2. The van der Waals surface area contributed by atoms with Crippen molar-refractivity contribution in [1.82, 2.24) is 24.2 Å². The Hall–Kier alpha value is -3.15. The zero-order chi connectivity index (χ0) is 25.8. The number of carbonyl (C=O) groups excluding carboxylic acids is 1. The van der Waals surface area contributed by atoms with Gasteiger partial charge in [0.15, 0.2) is 0 Å². The van der Waals surface area contributed by atoms with Crippen molar-refractivity contribution in [1.29, 1.82) is 0 Å². The minimum Gasteiger partial charge on any atom is -0.384 e. The molecule has 0 radical (unpaired) electrons. The lowest BCUT2D eigenvalue weighted by molar-refractivity contribution is -0.115. The monoisotopic (exact) mass is 525 g/mol. The highest BCUT2D eigenvalue weighted by atomic mass is 32.2. The topological polar surface area (TPSA) is 97.4 Å². The van der Waals surface area contributed by atoms with Crippen LogP contribution in [0, 0.1) is 11.7 Å². The van der Waals surface area contributed by atoms with Gasteiger partial charge in [-0.2, -0.15) is 4.31 Å². The normalized spacial score (nSPS) is 27.2. The van der Waals surface area contributed by atoms with Crippen molar-refractivity contribution >= 4 is 15.9 Å². The van der Waals surface area contributed by atoms with E-state index in [0.717, 1.165) is 23.7 Å². The van der Waals surface area contributed by atoms with Crippen molar-refractivity contribution < 1.29 is 22.3 Å². The Labute approximate surface area is 214 Å². The minimum atomic E-state index is -4.03. The lowest BCUT2D eigenvalue weighted by atomic mass is 9.87. The van der Waals surface area contributed by atoms with E-state index in [4.69, 9.17) is 4.74 Å². The lowest BCUT2D eigenvalue weighted by Crippen LogP contribution is -2.47. The Morgan fingerprint density at radius 3 is 2.68 bits per heavy atom. The van der Waals surface area contributed by atoms with Crippen LogP contribution in [0.15, 0.2) is 65.7 Å². The van der Waals surface area contributed by atoms with Gasteiger partial charge in [0.2, 0.25) is 10.0 Å². The number of aromatic nitrogens is 3. The van der Waals surface area contributed by atoms with Crippen LogP contribution < -0.4 is 0 Å². The molecule has 4 atom stereocenters. The van der Waals surface area contributed by atoms with Gasteiger partial charge in [-0.25, -0.2) is 17.5 Å². The number of methoxy groups -OCH3 is 1. The average Bonchev–Trinajstić information content (AvgIpc) is 3.15. The molecule has 3 saturated heterocycles. The molecule has 37 heavy (non-hydrogen) atoms. The largest absolute Gasteiger partial charge is 0.384 e. The van der Waals surface area contributed by atoms with Gasteiger partial charge in [0.25, 0.3) is 5.91 Å². The van der Waals surface area contributed by atoms with Gasteiger partial charge in [-0.1, -0.05) is 48.0 Å². The van der Waals surface area contributed by atoms with Gasteiger partial charge in [0.05, 0.1) is 42.5 Å². The number of nitrogens with zero attached hydrogens (tertiary/aromatic N) is 5. The zero-order valence-corrected chi connectivity index (χ0v) is 21.2. The SMILES string of the molecule is COC[C@@H]1C2CCCC(N2S(=O)(=O)c2cccc(F)c2)C12C(=O)N2Cc1cnnn1Cc1ccccc1. The molecular weight excluding hydrogens is 497 g/mol. The number of hydrogen-bond acceptors (Lipinski definition) is 6. The van der Waals surface area contributed by atoms with E-state index in [0.29, 0.717) is 19.4 Å². The molecule has 1 spiro atoms. The average molecular weight is 526 g/mol. The number of hydrogen-bond donors (Lipinski definition) is 0. The molecule has 3 aliphatic rings. The molecule has 3 aromatic rings. The van der Waals surface area contributed by atoms with Crippen LogP contribution >= 0.6 is 0 Å². The smallest absolute Gasteiger partial charge is 0.252 e. The maximum Gasteiger partial charge on any atom is 0.252 e. The highest BCUT2D eigenvalue weighted by Gasteiger charge is 2.79. The molecule has 4 heterocycles. The van der Waals surface area contributed by atoms with Crippen LogP contribution in [-0.2, 0) is 32.6 Å². The summed E-state index contributed by atoms with van der Waals surface area (Å²) in [6.07, 6.45) is 3.63. The van der Waals surface area contributed by atoms with Crippen LogP contribution in [0.1, 0.15) is 30.5 Å². The predicted molar refractivity (Wildman–Crippen MR) is 131 cm³/mol. The van der Waals surface area contributed by atoms with E-state index in [2.05, 4.69) is 10.3 Å². The number of amides is 1. The fraction of sp³-hybridized carbons (Fsp3) is 0.423. The highest BCUT2D eigenvalue weighted by Crippen LogP contribution is 2.59. The summed E-state index contributed by atoms with van der Waals surface area (Å²) < 4.78 is 50.4. The second-order valence-electron chi connectivity index (χ2n) is 9.95. The third-order valence-corrected chi connectivity index (χ3v) is 9.97. The summed E-state index contributed by atoms with van der Waals surface area (Å²) in [5.74, 6) is -1.04. The lowest BCUT2D eigenvalue weighted by Gasteiger charge is -2.34. The predicted octanol–water partition coefficient (Wildman–Crippen LogP) is 2.43. The summed E-state index contributed by atoms with van der Waals surface area (Å²) in [7, 11) is -2.46. The summed E-state index contributed by atoms with van der Waals surface area (Å²) in [6, 6.07) is 14.0. The van der Waals surface area contributed by atoms with Gasteiger partial charge in [0, 0.05) is 19.1 Å². The number of piperidine rings is 1.